The second-order valence-electron chi connectivity index (χ2n) is 10.1. The number of ether oxygens (including phenoxy) is 1. The van der Waals surface area contributed by atoms with Crippen LogP contribution < -0.4 is 19.9 Å². The molecule has 3 N–H and O–H groups in total. The molecule has 2 aliphatic heterocycles. The first-order valence-corrected chi connectivity index (χ1v) is 12.2. The summed E-state index contributed by atoms with van der Waals surface area (Å²) in [5.41, 5.74) is 6.25. The van der Waals surface area contributed by atoms with Gasteiger partial charge >= 0.3 is 0 Å². The summed E-state index contributed by atoms with van der Waals surface area (Å²) in [6.45, 7) is 15.5. The van der Waals surface area contributed by atoms with Crippen molar-refractivity contribution >= 4 is 11.6 Å². The molecule has 0 aliphatic carbocycles. The van der Waals surface area contributed by atoms with E-state index in [-0.39, 0.29) is 5.91 Å². The van der Waals surface area contributed by atoms with Crippen LogP contribution in [0.3, 0.4) is 0 Å². The quantitative estimate of drug-likeness (QED) is 0.619. The van der Waals surface area contributed by atoms with Gasteiger partial charge in [0.05, 0.1) is 6.61 Å². The van der Waals surface area contributed by atoms with Crippen molar-refractivity contribution in [3.05, 3.63) is 58.7 Å². The molecule has 0 unspecified atom stereocenters. The number of carbonyl (C=O) groups is 1. The van der Waals surface area contributed by atoms with E-state index in [9.17, 15) is 4.79 Å². The fourth-order valence-electron chi connectivity index (χ4n) is 5.06. The van der Waals surface area contributed by atoms with Crippen LogP contribution in [0.1, 0.15) is 61.8 Å². The molecule has 1 fully saturated rings. The van der Waals surface area contributed by atoms with E-state index in [1.165, 1.54) is 27.2 Å². The minimum Gasteiger partial charge on any atom is -0.493 e. The molecule has 0 spiro atoms. The number of hydrogen-bond donors (Lipinski definition) is 3. The molecule has 1 saturated heterocycles. The maximum atomic E-state index is 13.0. The minimum atomic E-state index is 0.136. The molecule has 2 heterocycles. The van der Waals surface area contributed by atoms with Gasteiger partial charge in [-0.05, 0) is 46.7 Å². The summed E-state index contributed by atoms with van der Waals surface area (Å²) in [6.07, 6.45) is 1.03. The highest BCUT2D eigenvalue weighted by molar-refractivity contribution is 5.93. The Hall–Kier alpha value is -2.37. The molecular weight excluding hydrogens is 398 g/mol. The van der Waals surface area contributed by atoms with Crippen LogP contribution in [-0.2, 0) is 17.8 Å². The number of piperazine rings is 1. The summed E-state index contributed by atoms with van der Waals surface area (Å²) in [6, 6.07) is 13.1. The third-order valence-corrected chi connectivity index (χ3v) is 6.92. The molecule has 5 nitrogen and oxygen atoms in total. The fraction of sp³-hybridized carbons (Fsp3) is 0.519. The first-order chi connectivity index (χ1) is 15.4. The van der Waals surface area contributed by atoms with Crippen molar-refractivity contribution in [1.29, 1.82) is 0 Å². The maximum absolute atomic E-state index is 13.0. The Bertz CT molecular complexity index is 920. The number of nitrogens with one attached hydrogen (secondary N) is 3. The van der Waals surface area contributed by atoms with Gasteiger partial charge in [0, 0.05) is 17.7 Å². The Balaban J connectivity index is 1.31. The molecule has 0 aromatic heterocycles. The van der Waals surface area contributed by atoms with Crippen molar-refractivity contribution in [1.82, 2.24) is 0 Å². The predicted octanol–water partition coefficient (Wildman–Crippen LogP) is 1.79. The van der Waals surface area contributed by atoms with E-state index in [0.717, 1.165) is 57.2 Å². The number of carbonyl (C=O) groups excluding carboxylic acids is 1. The van der Waals surface area contributed by atoms with Gasteiger partial charge in [-0.25, -0.2) is 0 Å². The summed E-state index contributed by atoms with van der Waals surface area (Å²) in [5.74, 6) is 1.96. The summed E-state index contributed by atoms with van der Waals surface area (Å²) < 4.78 is 5.63. The van der Waals surface area contributed by atoms with Crippen molar-refractivity contribution in [3.8, 4) is 5.75 Å². The molecule has 5 heteroatoms. The Labute approximate surface area is 192 Å². The number of fused-ring (bicyclic) bond motifs is 1. The van der Waals surface area contributed by atoms with Gasteiger partial charge in [-0.1, -0.05) is 45.9 Å². The zero-order chi connectivity index (χ0) is 22.7. The summed E-state index contributed by atoms with van der Waals surface area (Å²) in [7, 11) is 0. The first kappa shape index (κ1) is 22.8. The highest BCUT2D eigenvalue weighted by Crippen LogP contribution is 2.32. The Morgan fingerprint density at radius 2 is 1.62 bits per heavy atom. The zero-order valence-corrected chi connectivity index (χ0v) is 20.1. The average molecular weight is 438 g/mol. The minimum absolute atomic E-state index is 0.136. The van der Waals surface area contributed by atoms with E-state index in [1.54, 1.807) is 4.90 Å². The molecule has 172 valence electrons. The number of benzene rings is 2. The highest BCUT2D eigenvalue weighted by Gasteiger charge is 2.26. The summed E-state index contributed by atoms with van der Waals surface area (Å²) in [5, 5.41) is 3.29. The summed E-state index contributed by atoms with van der Waals surface area (Å²) >= 11 is 0. The van der Waals surface area contributed by atoms with Crippen molar-refractivity contribution in [2.75, 3.05) is 44.6 Å². The number of amides is 1. The van der Waals surface area contributed by atoms with Gasteiger partial charge < -0.3 is 19.9 Å². The van der Waals surface area contributed by atoms with Crippen LogP contribution >= 0.6 is 0 Å². The second-order valence-corrected chi connectivity index (χ2v) is 10.1. The Kier molecular flexibility index (Phi) is 7.17. The maximum Gasteiger partial charge on any atom is 0.279 e. The molecule has 2 aliphatic rings. The lowest BCUT2D eigenvalue weighted by molar-refractivity contribution is -1.02. The van der Waals surface area contributed by atoms with E-state index in [2.05, 4.69) is 69.4 Å². The smallest absolute Gasteiger partial charge is 0.279 e. The van der Waals surface area contributed by atoms with E-state index in [0.29, 0.717) is 18.4 Å². The van der Waals surface area contributed by atoms with Crippen LogP contribution in [0.4, 0.5) is 5.69 Å². The molecule has 4 rings (SSSR count). The summed E-state index contributed by atoms with van der Waals surface area (Å²) in [4.78, 5) is 16.0. The molecule has 2 aromatic carbocycles. The largest absolute Gasteiger partial charge is 0.493 e. The zero-order valence-electron chi connectivity index (χ0n) is 20.1. The SMILES string of the molecule is CC(C)c1cccc(C(C)C)c1NC(=O)C[NH+]1CC[NH+](Cc2ccc3c(c2)CCO3)CC1. The lowest BCUT2D eigenvalue weighted by Gasteiger charge is -2.29. The average Bonchev–Trinajstić information content (AvgIpc) is 3.23. The standard InChI is InChI=1S/C27H37N3O2/c1-19(2)23-6-5-7-24(20(3)4)27(23)28-26(31)18-30-13-11-29(12-14-30)17-21-8-9-25-22(16-21)10-15-32-25/h5-9,16,19-20H,10-15,17-18H2,1-4H3,(H,28,31)/p+2. The topological polar surface area (TPSA) is 47.2 Å². The molecule has 0 bridgehead atoms. The van der Waals surface area contributed by atoms with Gasteiger partial charge in [0.15, 0.2) is 6.54 Å². The number of rotatable bonds is 7. The molecule has 0 atom stereocenters. The lowest BCUT2D eigenvalue weighted by atomic mass is 9.92. The van der Waals surface area contributed by atoms with Gasteiger partial charge in [-0.3, -0.25) is 4.79 Å². The molecule has 0 radical (unpaired) electrons. The van der Waals surface area contributed by atoms with Crippen molar-refractivity contribution in [2.45, 2.75) is 52.5 Å². The molecule has 32 heavy (non-hydrogen) atoms. The first-order valence-electron chi connectivity index (χ1n) is 12.2. The number of hydrogen-bond acceptors (Lipinski definition) is 2. The monoisotopic (exact) mass is 437 g/mol. The molecule has 0 saturated carbocycles. The van der Waals surface area contributed by atoms with Crippen molar-refractivity contribution in [2.24, 2.45) is 0 Å². The van der Waals surface area contributed by atoms with Crippen LogP contribution in [0.5, 0.6) is 5.75 Å². The van der Waals surface area contributed by atoms with Crippen LogP contribution in [0.25, 0.3) is 0 Å². The number of para-hydroxylation sites is 1. The molecule has 2 aromatic rings. The van der Waals surface area contributed by atoms with Crippen LogP contribution in [0, 0.1) is 0 Å². The third-order valence-electron chi connectivity index (χ3n) is 6.92. The molecule has 1 amide bonds. The van der Waals surface area contributed by atoms with Gasteiger partial charge in [0.25, 0.3) is 5.91 Å². The Morgan fingerprint density at radius 1 is 0.969 bits per heavy atom. The molecular formula is C27H39N3O2+2. The van der Waals surface area contributed by atoms with E-state index < -0.39 is 0 Å². The second kappa shape index (κ2) is 10.1. The van der Waals surface area contributed by atoms with E-state index >= 15 is 0 Å². The normalized spacial score (nSPS) is 20.3. The lowest BCUT2D eigenvalue weighted by Crippen LogP contribution is -3.28. The number of quaternary nitrogens is 2. The highest BCUT2D eigenvalue weighted by atomic mass is 16.5. The Morgan fingerprint density at radius 3 is 2.28 bits per heavy atom. The predicted molar refractivity (Wildman–Crippen MR) is 129 cm³/mol. The van der Waals surface area contributed by atoms with Gasteiger partial charge in [0.1, 0.15) is 38.5 Å². The van der Waals surface area contributed by atoms with Crippen LogP contribution in [0.2, 0.25) is 0 Å². The fourth-order valence-corrected chi connectivity index (χ4v) is 5.06. The van der Waals surface area contributed by atoms with E-state index in [4.69, 9.17) is 4.74 Å². The van der Waals surface area contributed by atoms with Gasteiger partial charge in [0.2, 0.25) is 0 Å². The van der Waals surface area contributed by atoms with Gasteiger partial charge in [-0.2, -0.15) is 0 Å². The van der Waals surface area contributed by atoms with Crippen LogP contribution in [0.15, 0.2) is 36.4 Å². The van der Waals surface area contributed by atoms with Crippen LogP contribution in [-0.4, -0.2) is 45.2 Å². The van der Waals surface area contributed by atoms with E-state index in [1.807, 2.05) is 0 Å². The third kappa shape index (κ3) is 5.33. The van der Waals surface area contributed by atoms with Gasteiger partial charge in [-0.15, -0.1) is 0 Å². The number of anilines is 1. The van der Waals surface area contributed by atoms with Crippen molar-refractivity contribution in [3.63, 3.8) is 0 Å². The van der Waals surface area contributed by atoms with Crippen molar-refractivity contribution < 1.29 is 19.3 Å².